The first-order valence-electron chi connectivity index (χ1n) is 11.5. The van der Waals surface area contributed by atoms with Gasteiger partial charge in [0.15, 0.2) is 0 Å². The van der Waals surface area contributed by atoms with Gasteiger partial charge in [-0.25, -0.2) is 0 Å². The molecule has 0 aromatic carbocycles. The highest BCUT2D eigenvalue weighted by Crippen LogP contribution is 2.44. The maximum absolute atomic E-state index is 12.7. The van der Waals surface area contributed by atoms with Crippen molar-refractivity contribution in [3.05, 3.63) is 23.8 Å². The van der Waals surface area contributed by atoms with Crippen molar-refractivity contribution < 1.29 is 34.8 Å². The van der Waals surface area contributed by atoms with Crippen molar-refractivity contribution in [3.63, 3.8) is 0 Å². The number of fused-ring (bicyclic) bond motifs is 1. The number of carbonyl (C=O) groups is 2. The molecule has 0 spiro atoms. The molecule has 2 aliphatic carbocycles. The SMILES string of the molecule is CCC(CC)C(=O)O[C@H]1C[C@H](O)C=C2C=C[C@@H](C)[C@H](CC[C@@H](O)C[C@@H](O)CC(=O)O)[C@H]21. The Morgan fingerprint density at radius 1 is 1.19 bits per heavy atom. The fraction of sp³-hybridized carbons (Fsp3) is 0.750. The molecule has 7 heteroatoms. The highest BCUT2D eigenvalue weighted by molar-refractivity contribution is 5.72. The smallest absolute Gasteiger partial charge is 0.309 e. The number of rotatable bonds is 11. The first-order valence-corrected chi connectivity index (χ1v) is 11.5. The molecule has 2 aliphatic rings. The van der Waals surface area contributed by atoms with Crippen molar-refractivity contribution >= 4 is 11.9 Å². The summed E-state index contributed by atoms with van der Waals surface area (Å²) in [7, 11) is 0. The predicted octanol–water partition coefficient (Wildman–Crippen LogP) is 2.83. The van der Waals surface area contributed by atoms with Gasteiger partial charge in [0.1, 0.15) is 6.10 Å². The number of carboxylic acid groups (broad SMARTS) is 1. The monoisotopic (exact) mass is 438 g/mol. The maximum atomic E-state index is 12.7. The Kier molecular flexibility index (Phi) is 9.72. The van der Waals surface area contributed by atoms with Gasteiger partial charge in [0.25, 0.3) is 0 Å². The Morgan fingerprint density at radius 2 is 1.87 bits per heavy atom. The number of carbonyl (C=O) groups excluding carboxylic acids is 1. The lowest BCUT2D eigenvalue weighted by molar-refractivity contribution is -0.160. The molecule has 0 unspecified atom stereocenters. The largest absolute Gasteiger partial charge is 0.481 e. The van der Waals surface area contributed by atoms with Crippen LogP contribution in [0.3, 0.4) is 0 Å². The molecule has 176 valence electrons. The van der Waals surface area contributed by atoms with Gasteiger partial charge in [0, 0.05) is 12.3 Å². The molecule has 7 nitrogen and oxygen atoms in total. The number of ether oxygens (including phenoxy) is 1. The Labute approximate surface area is 184 Å². The van der Waals surface area contributed by atoms with E-state index in [0.29, 0.717) is 32.1 Å². The number of aliphatic hydroxyl groups is 3. The lowest BCUT2D eigenvalue weighted by Crippen LogP contribution is -2.43. The van der Waals surface area contributed by atoms with Gasteiger partial charge >= 0.3 is 11.9 Å². The second-order valence-corrected chi connectivity index (χ2v) is 9.08. The molecule has 0 aromatic heterocycles. The topological polar surface area (TPSA) is 124 Å². The van der Waals surface area contributed by atoms with Crippen molar-refractivity contribution in [3.8, 4) is 0 Å². The Balaban J connectivity index is 2.10. The molecule has 0 saturated carbocycles. The lowest BCUT2D eigenvalue weighted by atomic mass is 9.66. The molecule has 0 aliphatic heterocycles. The summed E-state index contributed by atoms with van der Waals surface area (Å²) < 4.78 is 5.93. The number of esters is 1. The van der Waals surface area contributed by atoms with Crippen LogP contribution in [0.5, 0.6) is 0 Å². The third-order valence-corrected chi connectivity index (χ3v) is 6.75. The highest BCUT2D eigenvalue weighted by Gasteiger charge is 2.42. The van der Waals surface area contributed by atoms with Crippen LogP contribution in [0.4, 0.5) is 0 Å². The van der Waals surface area contributed by atoms with Crippen LogP contribution >= 0.6 is 0 Å². The van der Waals surface area contributed by atoms with Gasteiger partial charge in [-0.15, -0.1) is 0 Å². The molecule has 0 aromatic rings. The fourth-order valence-electron chi connectivity index (χ4n) is 4.96. The van der Waals surface area contributed by atoms with E-state index >= 15 is 0 Å². The number of aliphatic carboxylic acids is 1. The van der Waals surface area contributed by atoms with Crippen LogP contribution in [0, 0.1) is 23.7 Å². The average molecular weight is 439 g/mol. The number of allylic oxidation sites excluding steroid dienone is 2. The van der Waals surface area contributed by atoms with E-state index in [9.17, 15) is 24.9 Å². The Morgan fingerprint density at radius 3 is 2.48 bits per heavy atom. The molecule has 4 N–H and O–H groups in total. The molecule has 0 saturated heterocycles. The zero-order valence-electron chi connectivity index (χ0n) is 18.8. The van der Waals surface area contributed by atoms with Crippen LogP contribution < -0.4 is 0 Å². The van der Waals surface area contributed by atoms with E-state index in [1.54, 1.807) is 0 Å². The van der Waals surface area contributed by atoms with Crippen molar-refractivity contribution in [1.82, 2.24) is 0 Å². The molecule has 0 bridgehead atoms. The van der Waals surface area contributed by atoms with Crippen molar-refractivity contribution in [1.29, 1.82) is 0 Å². The van der Waals surface area contributed by atoms with Crippen LogP contribution in [0.25, 0.3) is 0 Å². The minimum Gasteiger partial charge on any atom is -0.481 e. The van der Waals surface area contributed by atoms with Gasteiger partial charge in [-0.2, -0.15) is 0 Å². The van der Waals surface area contributed by atoms with Gasteiger partial charge in [-0.05, 0) is 49.5 Å². The Hall–Kier alpha value is -1.70. The Bertz CT molecular complexity index is 667. The maximum Gasteiger partial charge on any atom is 0.309 e. The van der Waals surface area contributed by atoms with E-state index < -0.39 is 30.4 Å². The average Bonchev–Trinajstić information content (AvgIpc) is 2.67. The number of carboxylic acids is 1. The van der Waals surface area contributed by atoms with Gasteiger partial charge < -0.3 is 25.2 Å². The summed E-state index contributed by atoms with van der Waals surface area (Å²) in [5, 5.41) is 39.2. The van der Waals surface area contributed by atoms with Crippen molar-refractivity contribution in [2.45, 2.75) is 90.1 Å². The number of aliphatic hydroxyl groups excluding tert-OH is 3. The van der Waals surface area contributed by atoms with E-state index in [2.05, 4.69) is 13.0 Å². The first kappa shape index (κ1) is 25.6. The van der Waals surface area contributed by atoms with E-state index in [0.717, 1.165) is 5.57 Å². The number of hydrogen-bond acceptors (Lipinski definition) is 6. The highest BCUT2D eigenvalue weighted by atomic mass is 16.5. The minimum absolute atomic E-state index is 0.0163. The third-order valence-electron chi connectivity index (χ3n) is 6.75. The third kappa shape index (κ3) is 7.16. The van der Waals surface area contributed by atoms with Crippen LogP contribution in [0.1, 0.15) is 65.7 Å². The molecule has 0 heterocycles. The molecule has 0 fully saturated rings. The van der Waals surface area contributed by atoms with Gasteiger partial charge in [-0.1, -0.05) is 39.0 Å². The number of hydrogen-bond donors (Lipinski definition) is 4. The van der Waals surface area contributed by atoms with E-state index in [1.165, 1.54) is 0 Å². The van der Waals surface area contributed by atoms with Crippen LogP contribution in [-0.2, 0) is 14.3 Å². The van der Waals surface area contributed by atoms with Gasteiger partial charge in [0.2, 0.25) is 0 Å². The zero-order valence-corrected chi connectivity index (χ0v) is 18.8. The van der Waals surface area contributed by atoms with Crippen molar-refractivity contribution in [2.24, 2.45) is 23.7 Å². The summed E-state index contributed by atoms with van der Waals surface area (Å²) in [4.78, 5) is 23.4. The first-order chi connectivity index (χ1) is 14.7. The van der Waals surface area contributed by atoms with E-state index in [4.69, 9.17) is 9.84 Å². The predicted molar refractivity (Wildman–Crippen MR) is 116 cm³/mol. The summed E-state index contributed by atoms with van der Waals surface area (Å²) in [5.41, 5.74) is 0.963. The molecule has 0 amide bonds. The molecule has 31 heavy (non-hydrogen) atoms. The van der Waals surface area contributed by atoms with Crippen LogP contribution in [0.15, 0.2) is 23.8 Å². The second-order valence-electron chi connectivity index (χ2n) is 9.08. The lowest BCUT2D eigenvalue weighted by Gasteiger charge is -2.43. The molecular weight excluding hydrogens is 400 g/mol. The van der Waals surface area contributed by atoms with E-state index in [-0.39, 0.29) is 42.5 Å². The van der Waals surface area contributed by atoms with Crippen LogP contribution in [-0.4, -0.2) is 56.8 Å². The van der Waals surface area contributed by atoms with E-state index in [1.807, 2.05) is 26.0 Å². The summed E-state index contributed by atoms with van der Waals surface area (Å²) in [6.45, 7) is 6.02. The molecule has 2 rings (SSSR count). The summed E-state index contributed by atoms with van der Waals surface area (Å²) in [5.74, 6) is -1.22. The van der Waals surface area contributed by atoms with Crippen molar-refractivity contribution in [2.75, 3.05) is 0 Å². The minimum atomic E-state index is -1.09. The molecular formula is C24H38O7. The summed E-state index contributed by atoms with van der Waals surface area (Å²) in [6, 6.07) is 0. The standard InChI is InChI=1S/C24H38O7/c1-4-15(5-2)24(30)31-21-12-18(26)10-16-7-6-14(3)20(23(16)21)9-8-17(25)11-19(27)13-22(28)29/h6-7,10,14-15,17-21,23,25-27H,4-5,8-9,11-13H2,1-3H3,(H,28,29)/t14-,17-,18-,19-,20+,21+,23+/m1/s1. The normalized spacial score (nSPS) is 29.8. The fourth-order valence-corrected chi connectivity index (χ4v) is 4.96. The zero-order chi connectivity index (χ0) is 23.1. The quantitative estimate of drug-likeness (QED) is 0.366. The molecule has 7 atom stereocenters. The van der Waals surface area contributed by atoms with Gasteiger partial charge in [-0.3, -0.25) is 9.59 Å². The molecule has 0 radical (unpaired) electrons. The van der Waals surface area contributed by atoms with Crippen LogP contribution in [0.2, 0.25) is 0 Å². The summed E-state index contributed by atoms with van der Waals surface area (Å²) in [6.07, 6.45) is 5.40. The van der Waals surface area contributed by atoms with Gasteiger partial charge in [0.05, 0.1) is 30.7 Å². The second kappa shape index (κ2) is 11.8. The summed E-state index contributed by atoms with van der Waals surface area (Å²) >= 11 is 0.